The molecule has 6 heteroatoms. The van der Waals surface area contributed by atoms with Crippen molar-refractivity contribution in [2.75, 3.05) is 11.4 Å². The summed E-state index contributed by atoms with van der Waals surface area (Å²) in [5, 5.41) is 3.06. The lowest BCUT2D eigenvalue weighted by atomic mass is 9.98. The molecule has 32 heavy (non-hydrogen) atoms. The van der Waals surface area contributed by atoms with E-state index in [1.807, 2.05) is 60.7 Å². The minimum Gasteiger partial charge on any atom is -0.479 e. The van der Waals surface area contributed by atoms with Crippen molar-refractivity contribution >= 4 is 23.3 Å². The van der Waals surface area contributed by atoms with E-state index in [9.17, 15) is 14.4 Å². The van der Waals surface area contributed by atoms with E-state index in [-0.39, 0.29) is 30.2 Å². The monoisotopic (exact) mass is 428 g/mol. The topological polar surface area (TPSA) is 75.7 Å². The van der Waals surface area contributed by atoms with Crippen molar-refractivity contribution in [2.24, 2.45) is 0 Å². The van der Waals surface area contributed by atoms with Crippen LogP contribution in [-0.2, 0) is 9.59 Å². The van der Waals surface area contributed by atoms with Gasteiger partial charge in [-0.2, -0.15) is 0 Å². The zero-order chi connectivity index (χ0) is 22.7. The number of ether oxygens (including phenoxy) is 1. The van der Waals surface area contributed by atoms with Crippen LogP contribution in [0.1, 0.15) is 41.4 Å². The fraction of sp³-hybridized carbons (Fsp3) is 0.192. The van der Waals surface area contributed by atoms with Gasteiger partial charge in [-0.1, -0.05) is 60.7 Å². The summed E-state index contributed by atoms with van der Waals surface area (Å²) >= 11 is 0. The Morgan fingerprint density at radius 3 is 2.12 bits per heavy atom. The van der Waals surface area contributed by atoms with Gasteiger partial charge in [0.05, 0.1) is 11.7 Å². The lowest BCUT2D eigenvalue weighted by molar-refractivity contribution is -0.128. The molecule has 0 saturated heterocycles. The maximum absolute atomic E-state index is 13.1. The Labute approximate surface area is 186 Å². The lowest BCUT2D eigenvalue weighted by Crippen LogP contribution is -2.49. The van der Waals surface area contributed by atoms with Gasteiger partial charge in [0.15, 0.2) is 11.9 Å². The van der Waals surface area contributed by atoms with Gasteiger partial charge < -0.3 is 10.1 Å². The molecule has 1 N–H and O–H groups in total. The third kappa shape index (κ3) is 4.39. The molecule has 0 aliphatic carbocycles. The predicted octanol–water partition coefficient (Wildman–Crippen LogP) is 3.91. The number of rotatable bonds is 6. The largest absolute Gasteiger partial charge is 0.479 e. The number of hydrogen-bond donors (Lipinski definition) is 1. The number of nitrogens with one attached hydrogen (secondary N) is 1. The van der Waals surface area contributed by atoms with Crippen LogP contribution < -0.4 is 15.0 Å². The first-order valence-corrected chi connectivity index (χ1v) is 10.5. The summed E-state index contributed by atoms with van der Waals surface area (Å²) in [7, 11) is 0. The van der Waals surface area contributed by atoms with E-state index < -0.39 is 6.10 Å². The SMILES string of the molecule is CC(=O)c1ccc2c(c1)N(CC(=O)NC(c1ccccc1)c1ccccc1)C(=O)C(C)O2. The van der Waals surface area contributed by atoms with Crippen molar-refractivity contribution in [2.45, 2.75) is 26.0 Å². The minimum atomic E-state index is -0.725. The Kier molecular flexibility index (Phi) is 6.03. The van der Waals surface area contributed by atoms with E-state index in [0.717, 1.165) is 11.1 Å². The number of benzene rings is 3. The van der Waals surface area contributed by atoms with E-state index in [2.05, 4.69) is 5.32 Å². The van der Waals surface area contributed by atoms with E-state index in [1.165, 1.54) is 11.8 Å². The van der Waals surface area contributed by atoms with Gasteiger partial charge in [-0.3, -0.25) is 19.3 Å². The third-order valence-corrected chi connectivity index (χ3v) is 5.45. The average molecular weight is 428 g/mol. The highest BCUT2D eigenvalue weighted by Gasteiger charge is 2.33. The van der Waals surface area contributed by atoms with Crippen LogP contribution >= 0.6 is 0 Å². The number of nitrogens with zero attached hydrogens (tertiary/aromatic N) is 1. The van der Waals surface area contributed by atoms with Gasteiger partial charge in [0.1, 0.15) is 12.3 Å². The van der Waals surface area contributed by atoms with E-state index in [1.54, 1.807) is 25.1 Å². The normalized spacial score (nSPS) is 15.2. The van der Waals surface area contributed by atoms with Crippen LogP contribution in [0.5, 0.6) is 5.75 Å². The van der Waals surface area contributed by atoms with Gasteiger partial charge in [0.25, 0.3) is 5.91 Å². The van der Waals surface area contributed by atoms with Crippen LogP contribution in [0.15, 0.2) is 78.9 Å². The summed E-state index contributed by atoms with van der Waals surface area (Å²) in [4.78, 5) is 39.2. The Bertz CT molecular complexity index is 1110. The molecular formula is C26H24N2O4. The van der Waals surface area contributed by atoms with Gasteiger partial charge in [0.2, 0.25) is 5.91 Å². The maximum atomic E-state index is 13.1. The number of Topliss-reactive ketones (excluding diaryl/α,β-unsaturated/α-hetero) is 1. The molecule has 3 aromatic rings. The second kappa shape index (κ2) is 9.06. The van der Waals surface area contributed by atoms with Gasteiger partial charge >= 0.3 is 0 Å². The van der Waals surface area contributed by atoms with Crippen LogP contribution in [0.2, 0.25) is 0 Å². The standard InChI is InChI=1S/C26H24N2O4/c1-17(29)21-13-14-23-22(15-21)28(26(31)18(2)32-23)16-24(30)27-25(19-9-5-3-6-10-19)20-11-7-4-8-12-20/h3-15,18,25H,16H2,1-2H3,(H,27,30). The van der Waals surface area contributed by atoms with Gasteiger partial charge in [-0.05, 0) is 43.2 Å². The molecule has 0 bridgehead atoms. The molecule has 4 rings (SSSR count). The Balaban J connectivity index is 1.62. The summed E-state index contributed by atoms with van der Waals surface area (Å²) in [6.07, 6.45) is -0.725. The molecule has 0 fully saturated rings. The molecule has 1 heterocycles. The molecule has 0 saturated carbocycles. The number of fused-ring (bicyclic) bond motifs is 1. The zero-order valence-corrected chi connectivity index (χ0v) is 17.9. The molecular weight excluding hydrogens is 404 g/mol. The fourth-order valence-corrected chi connectivity index (χ4v) is 3.79. The van der Waals surface area contributed by atoms with Crippen LogP contribution in [0.25, 0.3) is 0 Å². The molecule has 1 aliphatic rings. The van der Waals surface area contributed by atoms with Crippen LogP contribution in [0, 0.1) is 0 Å². The van der Waals surface area contributed by atoms with Crippen molar-refractivity contribution in [3.8, 4) is 5.75 Å². The van der Waals surface area contributed by atoms with Gasteiger partial charge in [0, 0.05) is 5.56 Å². The van der Waals surface area contributed by atoms with Crippen molar-refractivity contribution in [3.05, 3.63) is 95.6 Å². The van der Waals surface area contributed by atoms with E-state index >= 15 is 0 Å². The second-order valence-electron chi connectivity index (χ2n) is 7.75. The molecule has 1 atom stereocenters. The highest BCUT2D eigenvalue weighted by Crippen LogP contribution is 2.35. The van der Waals surface area contributed by atoms with Crippen molar-refractivity contribution in [3.63, 3.8) is 0 Å². The molecule has 1 aliphatic heterocycles. The summed E-state index contributed by atoms with van der Waals surface area (Å²) in [6.45, 7) is 2.92. The molecule has 1 unspecified atom stereocenters. The van der Waals surface area contributed by atoms with E-state index in [4.69, 9.17) is 4.74 Å². The Morgan fingerprint density at radius 2 is 1.56 bits per heavy atom. The Morgan fingerprint density at radius 1 is 0.969 bits per heavy atom. The molecule has 2 amide bonds. The van der Waals surface area contributed by atoms with Crippen LogP contribution in [0.3, 0.4) is 0 Å². The smallest absolute Gasteiger partial charge is 0.268 e. The molecule has 0 aromatic heterocycles. The molecule has 3 aromatic carbocycles. The number of ketones is 1. The quantitative estimate of drug-likeness (QED) is 0.604. The molecule has 0 spiro atoms. The molecule has 0 radical (unpaired) electrons. The van der Waals surface area contributed by atoms with Crippen LogP contribution in [-0.4, -0.2) is 30.2 Å². The number of anilines is 1. The van der Waals surface area contributed by atoms with Crippen molar-refractivity contribution < 1.29 is 19.1 Å². The highest BCUT2D eigenvalue weighted by atomic mass is 16.5. The van der Waals surface area contributed by atoms with Crippen molar-refractivity contribution in [1.82, 2.24) is 5.32 Å². The van der Waals surface area contributed by atoms with Crippen molar-refractivity contribution in [1.29, 1.82) is 0 Å². The number of hydrogen-bond acceptors (Lipinski definition) is 4. The first-order chi connectivity index (χ1) is 15.4. The second-order valence-corrected chi connectivity index (χ2v) is 7.75. The summed E-state index contributed by atoms with van der Waals surface area (Å²) in [5.41, 5.74) is 2.75. The maximum Gasteiger partial charge on any atom is 0.268 e. The summed E-state index contributed by atoms with van der Waals surface area (Å²) in [6, 6.07) is 23.9. The third-order valence-electron chi connectivity index (χ3n) is 5.45. The highest BCUT2D eigenvalue weighted by molar-refractivity contribution is 6.05. The Hall–Kier alpha value is -3.93. The van der Waals surface area contributed by atoms with Gasteiger partial charge in [-0.25, -0.2) is 0 Å². The number of amides is 2. The minimum absolute atomic E-state index is 0.128. The first-order valence-electron chi connectivity index (χ1n) is 10.5. The summed E-state index contributed by atoms with van der Waals surface area (Å²) in [5.74, 6) is -0.303. The lowest BCUT2D eigenvalue weighted by Gasteiger charge is -2.33. The number of carbonyl (C=O) groups is 3. The fourth-order valence-electron chi connectivity index (χ4n) is 3.79. The van der Waals surface area contributed by atoms with E-state index in [0.29, 0.717) is 17.0 Å². The summed E-state index contributed by atoms with van der Waals surface area (Å²) < 4.78 is 5.68. The molecule has 162 valence electrons. The molecule has 6 nitrogen and oxygen atoms in total. The van der Waals surface area contributed by atoms with Crippen LogP contribution in [0.4, 0.5) is 5.69 Å². The number of carbonyl (C=O) groups excluding carboxylic acids is 3. The predicted molar refractivity (Wildman–Crippen MR) is 122 cm³/mol. The average Bonchev–Trinajstić information content (AvgIpc) is 2.81. The zero-order valence-electron chi connectivity index (χ0n) is 17.9. The first kappa shape index (κ1) is 21.3. The van der Waals surface area contributed by atoms with Gasteiger partial charge in [-0.15, -0.1) is 0 Å².